The zero-order valence-corrected chi connectivity index (χ0v) is 8.62. The molecule has 0 aliphatic heterocycles. The van der Waals surface area contributed by atoms with Gasteiger partial charge in [-0.25, -0.2) is 0 Å². The highest BCUT2D eigenvalue weighted by atomic mass is 16.5. The molecule has 0 aliphatic rings. The van der Waals surface area contributed by atoms with Gasteiger partial charge >= 0.3 is 0 Å². The van der Waals surface area contributed by atoms with Crippen LogP contribution in [-0.2, 0) is 4.74 Å². The van der Waals surface area contributed by atoms with Crippen LogP contribution in [0.2, 0.25) is 0 Å². The molecule has 0 aromatic carbocycles. The molecule has 2 atom stereocenters. The normalized spacial score (nSPS) is 14.9. The largest absolute Gasteiger partial charge is 0.390 e. The lowest BCUT2D eigenvalue weighted by atomic mass is 10.1. The van der Waals surface area contributed by atoms with Gasteiger partial charge in [0.15, 0.2) is 0 Å². The zero-order chi connectivity index (χ0) is 10.1. The highest BCUT2D eigenvalue weighted by molar-refractivity contribution is 4.83. The smallest absolute Gasteiger partial charge is 0.0831 e. The van der Waals surface area contributed by atoms with Gasteiger partial charge in [-0.3, -0.25) is 0 Å². The number of aliphatic hydroxyl groups excluding tert-OH is 1. The van der Waals surface area contributed by atoms with Crippen molar-refractivity contribution in [2.75, 3.05) is 6.61 Å². The van der Waals surface area contributed by atoms with E-state index in [1.807, 2.05) is 13.8 Å². The van der Waals surface area contributed by atoms with Crippen molar-refractivity contribution in [2.24, 2.45) is 0 Å². The summed E-state index contributed by atoms with van der Waals surface area (Å²) in [5.41, 5.74) is 0. The Balaban J connectivity index is 3.64. The first-order valence-electron chi connectivity index (χ1n) is 4.99. The van der Waals surface area contributed by atoms with Crippen LogP contribution in [0.3, 0.4) is 0 Å². The second kappa shape index (κ2) is 8.10. The van der Waals surface area contributed by atoms with Gasteiger partial charge < -0.3 is 9.84 Å². The topological polar surface area (TPSA) is 29.5 Å². The number of aliphatic hydroxyl groups is 1. The molecule has 0 rings (SSSR count). The Morgan fingerprint density at radius 1 is 1.46 bits per heavy atom. The third-order valence-electron chi connectivity index (χ3n) is 2.03. The average molecular weight is 184 g/mol. The molecule has 0 bridgehead atoms. The van der Waals surface area contributed by atoms with Gasteiger partial charge in [0.2, 0.25) is 0 Å². The number of rotatable bonds is 7. The maximum atomic E-state index is 9.67. The van der Waals surface area contributed by atoms with Crippen LogP contribution >= 0.6 is 0 Å². The van der Waals surface area contributed by atoms with E-state index in [2.05, 4.69) is 5.92 Å². The molecule has 0 radical (unpaired) electrons. The van der Waals surface area contributed by atoms with E-state index in [-0.39, 0.29) is 12.2 Å². The third-order valence-corrected chi connectivity index (χ3v) is 2.03. The molecule has 0 heterocycles. The van der Waals surface area contributed by atoms with E-state index in [1.165, 1.54) is 0 Å². The average Bonchev–Trinajstić information content (AvgIpc) is 2.14. The van der Waals surface area contributed by atoms with Crippen LogP contribution in [0.25, 0.3) is 0 Å². The summed E-state index contributed by atoms with van der Waals surface area (Å²) in [7, 11) is 0. The summed E-state index contributed by atoms with van der Waals surface area (Å²) in [6.07, 6.45) is 7.93. The predicted molar refractivity (Wildman–Crippen MR) is 54.4 cm³/mol. The molecule has 2 nitrogen and oxygen atoms in total. The van der Waals surface area contributed by atoms with Crippen LogP contribution in [0, 0.1) is 12.3 Å². The summed E-state index contributed by atoms with van der Waals surface area (Å²) in [5.74, 6) is 2.56. The highest BCUT2D eigenvalue weighted by Crippen LogP contribution is 2.10. The quantitative estimate of drug-likeness (QED) is 0.484. The number of terminal acetylenes is 1. The van der Waals surface area contributed by atoms with Crippen molar-refractivity contribution >= 4 is 0 Å². The summed E-state index contributed by atoms with van der Waals surface area (Å²) < 4.78 is 5.38. The summed E-state index contributed by atoms with van der Waals surface area (Å²) in [6.45, 7) is 4.62. The zero-order valence-electron chi connectivity index (χ0n) is 8.62. The Kier molecular flexibility index (Phi) is 7.77. The SMILES string of the molecule is C#CCCCC(O)C(CC)OCC. The standard InChI is InChI=1S/C11H20O2/c1-4-7-8-9-10(12)11(5-2)13-6-3/h1,10-12H,5-9H2,2-3H3. The minimum atomic E-state index is -0.363. The van der Waals surface area contributed by atoms with E-state index in [1.54, 1.807) is 0 Å². The Bertz CT molecular complexity index is 149. The first-order chi connectivity index (χ1) is 6.26. The lowest BCUT2D eigenvalue weighted by Gasteiger charge is -2.20. The van der Waals surface area contributed by atoms with Crippen molar-refractivity contribution in [1.29, 1.82) is 0 Å². The van der Waals surface area contributed by atoms with E-state index >= 15 is 0 Å². The predicted octanol–water partition coefficient (Wildman–Crippen LogP) is 1.97. The molecule has 0 aromatic rings. The molecule has 0 spiro atoms. The Morgan fingerprint density at radius 3 is 2.62 bits per heavy atom. The molecule has 0 saturated carbocycles. The van der Waals surface area contributed by atoms with E-state index < -0.39 is 0 Å². The van der Waals surface area contributed by atoms with Gasteiger partial charge in [-0.1, -0.05) is 6.92 Å². The second-order valence-electron chi connectivity index (χ2n) is 3.07. The maximum Gasteiger partial charge on any atom is 0.0831 e. The minimum absolute atomic E-state index is 0.0252. The van der Waals surface area contributed by atoms with Gasteiger partial charge in [-0.2, -0.15) is 0 Å². The van der Waals surface area contributed by atoms with Gasteiger partial charge in [-0.05, 0) is 26.2 Å². The van der Waals surface area contributed by atoms with Crippen LogP contribution in [0.4, 0.5) is 0 Å². The van der Waals surface area contributed by atoms with Crippen molar-refractivity contribution in [3.63, 3.8) is 0 Å². The van der Waals surface area contributed by atoms with E-state index in [9.17, 15) is 5.11 Å². The Morgan fingerprint density at radius 2 is 2.15 bits per heavy atom. The van der Waals surface area contributed by atoms with Crippen LogP contribution in [-0.4, -0.2) is 23.9 Å². The minimum Gasteiger partial charge on any atom is -0.390 e. The monoisotopic (exact) mass is 184 g/mol. The molecule has 1 N–H and O–H groups in total. The van der Waals surface area contributed by atoms with E-state index in [4.69, 9.17) is 11.2 Å². The number of ether oxygens (including phenoxy) is 1. The molecule has 0 fully saturated rings. The van der Waals surface area contributed by atoms with Crippen molar-refractivity contribution in [1.82, 2.24) is 0 Å². The molecule has 13 heavy (non-hydrogen) atoms. The summed E-state index contributed by atoms with van der Waals surface area (Å²) in [6, 6.07) is 0. The van der Waals surface area contributed by atoms with Gasteiger partial charge in [-0.15, -0.1) is 12.3 Å². The molecule has 2 heteroatoms. The molecule has 0 amide bonds. The summed E-state index contributed by atoms with van der Waals surface area (Å²) >= 11 is 0. The first kappa shape index (κ1) is 12.5. The van der Waals surface area contributed by atoms with Crippen LogP contribution in [0.5, 0.6) is 0 Å². The Labute approximate surface area is 81.3 Å². The van der Waals surface area contributed by atoms with Gasteiger partial charge in [0, 0.05) is 13.0 Å². The lowest BCUT2D eigenvalue weighted by Crippen LogP contribution is -2.28. The van der Waals surface area contributed by atoms with Crippen LogP contribution in [0.15, 0.2) is 0 Å². The van der Waals surface area contributed by atoms with Crippen molar-refractivity contribution in [3.8, 4) is 12.3 Å². The van der Waals surface area contributed by atoms with Crippen molar-refractivity contribution in [2.45, 2.75) is 51.7 Å². The van der Waals surface area contributed by atoms with Gasteiger partial charge in [0.05, 0.1) is 12.2 Å². The number of hydrogen-bond donors (Lipinski definition) is 1. The molecule has 0 aliphatic carbocycles. The third kappa shape index (κ3) is 5.68. The molecular formula is C11H20O2. The fourth-order valence-corrected chi connectivity index (χ4v) is 1.31. The van der Waals surface area contributed by atoms with Gasteiger partial charge in [0.1, 0.15) is 0 Å². The fourth-order valence-electron chi connectivity index (χ4n) is 1.31. The van der Waals surface area contributed by atoms with E-state index in [0.717, 1.165) is 25.7 Å². The molecule has 0 aromatic heterocycles. The lowest BCUT2D eigenvalue weighted by molar-refractivity contribution is -0.0376. The first-order valence-corrected chi connectivity index (χ1v) is 4.99. The summed E-state index contributed by atoms with van der Waals surface area (Å²) in [4.78, 5) is 0. The molecular weight excluding hydrogens is 164 g/mol. The molecule has 2 unspecified atom stereocenters. The fraction of sp³-hybridized carbons (Fsp3) is 0.818. The maximum absolute atomic E-state index is 9.67. The van der Waals surface area contributed by atoms with Crippen molar-refractivity contribution < 1.29 is 9.84 Å². The second-order valence-corrected chi connectivity index (χ2v) is 3.07. The highest BCUT2D eigenvalue weighted by Gasteiger charge is 2.16. The molecule has 0 saturated heterocycles. The van der Waals surface area contributed by atoms with Crippen LogP contribution in [0.1, 0.15) is 39.5 Å². The Hall–Kier alpha value is -0.520. The van der Waals surface area contributed by atoms with Crippen molar-refractivity contribution in [3.05, 3.63) is 0 Å². The number of hydrogen-bond acceptors (Lipinski definition) is 2. The van der Waals surface area contributed by atoms with E-state index in [0.29, 0.717) is 6.61 Å². The van der Waals surface area contributed by atoms with Crippen LogP contribution < -0.4 is 0 Å². The molecule has 76 valence electrons. The summed E-state index contributed by atoms with van der Waals surface area (Å²) in [5, 5.41) is 9.67. The number of unbranched alkanes of at least 4 members (excludes halogenated alkanes) is 1. The van der Waals surface area contributed by atoms with Gasteiger partial charge in [0.25, 0.3) is 0 Å².